The largest absolute Gasteiger partial charge is 0.497 e. The van der Waals surface area contributed by atoms with Crippen LogP contribution in [0.4, 0.5) is 0 Å². The lowest BCUT2D eigenvalue weighted by Gasteiger charge is -2.21. The highest BCUT2D eigenvalue weighted by Gasteiger charge is 2.45. The summed E-state index contributed by atoms with van der Waals surface area (Å²) in [6.45, 7) is 2.87. The molecule has 1 aromatic heterocycles. The zero-order valence-corrected chi connectivity index (χ0v) is 13.8. The van der Waals surface area contributed by atoms with Crippen LogP contribution in [0.15, 0.2) is 53.9 Å². The Labute approximate surface area is 141 Å². The topological polar surface area (TPSA) is 47.0 Å². The predicted molar refractivity (Wildman–Crippen MR) is 92.1 cm³/mol. The van der Waals surface area contributed by atoms with E-state index in [0.29, 0.717) is 0 Å². The molecule has 1 atom stereocenters. The normalized spacial score (nSPS) is 23.3. The van der Waals surface area contributed by atoms with Gasteiger partial charge in [-0.05, 0) is 29.8 Å². The lowest BCUT2D eigenvalue weighted by atomic mass is 9.94. The highest BCUT2D eigenvalue weighted by Crippen LogP contribution is 2.35. The number of nitrogens with zero attached hydrogens (tertiary/aromatic N) is 3. The van der Waals surface area contributed by atoms with Crippen LogP contribution in [0, 0.1) is 0 Å². The Bertz CT molecular complexity index is 730. The Kier molecular flexibility index (Phi) is 3.94. The Morgan fingerprint density at radius 1 is 1.25 bits per heavy atom. The van der Waals surface area contributed by atoms with Gasteiger partial charge >= 0.3 is 0 Å². The maximum Gasteiger partial charge on any atom is 0.157 e. The number of ether oxygens (including phenoxy) is 1. The van der Waals surface area contributed by atoms with Gasteiger partial charge in [-0.3, -0.25) is 9.88 Å². The zero-order valence-electron chi connectivity index (χ0n) is 13.8. The quantitative estimate of drug-likeness (QED) is 0.868. The minimum absolute atomic E-state index is 0.169. The molecular formula is C19H21N3O2. The molecule has 0 radical (unpaired) electrons. The first-order valence-corrected chi connectivity index (χ1v) is 8.27. The molecule has 1 aromatic carbocycles. The summed E-state index contributed by atoms with van der Waals surface area (Å²) in [6.07, 6.45) is 5.50. The van der Waals surface area contributed by atoms with Gasteiger partial charge < -0.3 is 9.57 Å². The summed E-state index contributed by atoms with van der Waals surface area (Å²) in [5.74, 6) is 0.894. The number of oxime groups is 1. The second-order valence-electron chi connectivity index (χ2n) is 6.54. The summed E-state index contributed by atoms with van der Waals surface area (Å²) in [4.78, 5) is 12.5. The van der Waals surface area contributed by atoms with Crippen LogP contribution in [-0.2, 0) is 11.4 Å². The van der Waals surface area contributed by atoms with Gasteiger partial charge in [-0.15, -0.1) is 0 Å². The number of aromatic nitrogens is 1. The van der Waals surface area contributed by atoms with E-state index in [9.17, 15) is 0 Å². The number of hydrogen-bond acceptors (Lipinski definition) is 5. The van der Waals surface area contributed by atoms with E-state index >= 15 is 0 Å². The van der Waals surface area contributed by atoms with Crippen LogP contribution >= 0.6 is 0 Å². The van der Waals surface area contributed by atoms with Crippen molar-refractivity contribution in [2.45, 2.75) is 25.0 Å². The molecular weight excluding hydrogens is 302 g/mol. The number of likely N-dealkylation sites (tertiary alicyclic amines) is 1. The van der Waals surface area contributed by atoms with E-state index in [1.54, 1.807) is 13.3 Å². The molecule has 4 rings (SSSR count). The van der Waals surface area contributed by atoms with Gasteiger partial charge in [-0.1, -0.05) is 17.3 Å². The predicted octanol–water partition coefficient (Wildman–Crippen LogP) is 2.86. The SMILES string of the molecule is COc1ccc(CN2CCC3(CC(c4cccnc4)=NO3)C2)cc1. The highest BCUT2D eigenvalue weighted by atomic mass is 16.7. The standard InChI is InChI=1S/C19H21N3O2/c1-23-17-6-4-15(5-7-17)13-22-10-8-19(14-22)11-18(21-24-19)16-3-2-9-20-12-16/h2-7,9,12H,8,10-11,13-14H2,1H3. The molecule has 5 heteroatoms. The lowest BCUT2D eigenvalue weighted by molar-refractivity contribution is -0.0104. The third-order valence-corrected chi connectivity index (χ3v) is 4.79. The van der Waals surface area contributed by atoms with E-state index in [1.807, 2.05) is 30.5 Å². The van der Waals surface area contributed by atoms with Crippen molar-refractivity contribution in [3.8, 4) is 5.75 Å². The fourth-order valence-corrected chi connectivity index (χ4v) is 3.48. The van der Waals surface area contributed by atoms with Crippen molar-refractivity contribution < 1.29 is 9.57 Å². The van der Waals surface area contributed by atoms with E-state index in [-0.39, 0.29) is 5.60 Å². The highest BCUT2D eigenvalue weighted by molar-refractivity contribution is 6.01. The van der Waals surface area contributed by atoms with Crippen LogP contribution in [0.5, 0.6) is 5.75 Å². The molecule has 0 aliphatic carbocycles. The molecule has 0 bridgehead atoms. The first kappa shape index (κ1) is 15.1. The first-order chi connectivity index (χ1) is 11.8. The van der Waals surface area contributed by atoms with Crippen LogP contribution < -0.4 is 4.74 Å². The second-order valence-corrected chi connectivity index (χ2v) is 6.54. The molecule has 1 unspecified atom stereocenters. The lowest BCUT2D eigenvalue weighted by Crippen LogP contribution is -2.33. The van der Waals surface area contributed by atoms with Crippen molar-refractivity contribution >= 4 is 5.71 Å². The molecule has 1 fully saturated rings. The Morgan fingerprint density at radius 3 is 2.88 bits per heavy atom. The Morgan fingerprint density at radius 2 is 2.12 bits per heavy atom. The molecule has 124 valence electrons. The minimum Gasteiger partial charge on any atom is -0.497 e. The molecule has 0 saturated carbocycles. The molecule has 1 spiro atoms. The smallest absolute Gasteiger partial charge is 0.157 e. The van der Waals surface area contributed by atoms with Crippen molar-refractivity contribution in [2.75, 3.05) is 20.2 Å². The second kappa shape index (κ2) is 6.24. The van der Waals surface area contributed by atoms with E-state index in [1.165, 1.54) is 5.56 Å². The average Bonchev–Trinajstić information content (AvgIpc) is 3.23. The summed E-state index contributed by atoms with van der Waals surface area (Å²) in [5, 5.41) is 4.34. The van der Waals surface area contributed by atoms with Crippen LogP contribution in [-0.4, -0.2) is 41.4 Å². The van der Waals surface area contributed by atoms with Crippen LogP contribution in [0.1, 0.15) is 24.0 Å². The summed E-state index contributed by atoms with van der Waals surface area (Å²) in [5.41, 5.74) is 3.19. The van der Waals surface area contributed by atoms with Crippen molar-refractivity contribution in [3.05, 3.63) is 59.9 Å². The minimum atomic E-state index is -0.169. The third-order valence-electron chi connectivity index (χ3n) is 4.79. The monoisotopic (exact) mass is 323 g/mol. The fraction of sp³-hybridized carbons (Fsp3) is 0.368. The van der Waals surface area contributed by atoms with E-state index in [2.05, 4.69) is 27.2 Å². The van der Waals surface area contributed by atoms with Gasteiger partial charge in [-0.2, -0.15) is 0 Å². The molecule has 2 aliphatic rings. The van der Waals surface area contributed by atoms with E-state index in [0.717, 1.165) is 49.5 Å². The Balaban J connectivity index is 1.38. The maximum absolute atomic E-state index is 5.87. The van der Waals surface area contributed by atoms with Gasteiger partial charge in [0.15, 0.2) is 5.60 Å². The van der Waals surface area contributed by atoms with Crippen molar-refractivity contribution in [1.29, 1.82) is 0 Å². The van der Waals surface area contributed by atoms with E-state index < -0.39 is 0 Å². The molecule has 5 nitrogen and oxygen atoms in total. The van der Waals surface area contributed by atoms with Gasteiger partial charge in [0.2, 0.25) is 0 Å². The number of methoxy groups -OCH3 is 1. The van der Waals surface area contributed by atoms with Crippen LogP contribution in [0.2, 0.25) is 0 Å². The van der Waals surface area contributed by atoms with E-state index in [4.69, 9.17) is 9.57 Å². The van der Waals surface area contributed by atoms with Gasteiger partial charge in [-0.25, -0.2) is 0 Å². The number of pyridine rings is 1. The zero-order chi connectivity index (χ0) is 16.4. The molecule has 2 aromatic rings. The van der Waals surface area contributed by atoms with Crippen molar-refractivity contribution in [1.82, 2.24) is 9.88 Å². The summed E-state index contributed by atoms with van der Waals surface area (Å²) >= 11 is 0. The van der Waals surface area contributed by atoms with Gasteiger partial charge in [0.05, 0.1) is 12.8 Å². The van der Waals surface area contributed by atoms with Crippen LogP contribution in [0.3, 0.4) is 0 Å². The summed E-state index contributed by atoms with van der Waals surface area (Å²) in [7, 11) is 1.69. The molecule has 2 aliphatic heterocycles. The third kappa shape index (κ3) is 2.99. The summed E-state index contributed by atoms with van der Waals surface area (Å²) in [6, 6.07) is 12.2. The van der Waals surface area contributed by atoms with Crippen LogP contribution in [0.25, 0.3) is 0 Å². The fourth-order valence-electron chi connectivity index (χ4n) is 3.48. The van der Waals surface area contributed by atoms with Crippen molar-refractivity contribution in [3.63, 3.8) is 0 Å². The maximum atomic E-state index is 5.87. The number of hydrogen-bond donors (Lipinski definition) is 0. The Hall–Kier alpha value is -2.40. The summed E-state index contributed by atoms with van der Waals surface area (Å²) < 4.78 is 5.22. The molecule has 1 saturated heterocycles. The molecule has 24 heavy (non-hydrogen) atoms. The van der Waals surface area contributed by atoms with Gasteiger partial charge in [0.25, 0.3) is 0 Å². The molecule has 0 N–H and O–H groups in total. The van der Waals surface area contributed by atoms with Crippen molar-refractivity contribution in [2.24, 2.45) is 5.16 Å². The van der Waals surface area contributed by atoms with Gasteiger partial charge in [0, 0.05) is 50.4 Å². The number of benzene rings is 1. The van der Waals surface area contributed by atoms with Gasteiger partial charge in [0.1, 0.15) is 5.75 Å². The molecule has 0 amide bonds. The first-order valence-electron chi connectivity index (χ1n) is 8.27. The molecule has 3 heterocycles. The average molecular weight is 323 g/mol. The number of rotatable bonds is 4.